The molecule has 0 bridgehead atoms. The van der Waals surface area contributed by atoms with Gasteiger partial charge in [-0.05, 0) is 36.2 Å². The molecule has 0 aliphatic rings. The van der Waals surface area contributed by atoms with E-state index in [0.29, 0.717) is 27.3 Å². The first kappa shape index (κ1) is 19.0. The zero-order valence-corrected chi connectivity index (χ0v) is 17.0. The first-order valence-corrected chi connectivity index (χ1v) is 9.97. The lowest BCUT2D eigenvalue weighted by molar-refractivity contribution is -0.139. The highest BCUT2D eigenvalue weighted by atomic mass is 35.5. The summed E-state index contributed by atoms with van der Waals surface area (Å²) in [4.78, 5) is 21.3. The number of benzene rings is 2. The number of aromatic nitrogens is 4. The van der Waals surface area contributed by atoms with E-state index in [9.17, 15) is 4.79 Å². The number of nitrogens with zero attached hydrogens (tertiary/aromatic N) is 4. The van der Waals surface area contributed by atoms with E-state index in [2.05, 4.69) is 15.1 Å². The average Bonchev–Trinajstić information content (AvgIpc) is 3.12. The summed E-state index contributed by atoms with van der Waals surface area (Å²) < 4.78 is 6.57. The predicted molar refractivity (Wildman–Crippen MR) is 110 cm³/mol. The molecule has 2 aromatic heterocycles. The van der Waals surface area contributed by atoms with Crippen molar-refractivity contribution in [3.63, 3.8) is 0 Å². The highest BCUT2D eigenvalue weighted by molar-refractivity contribution is 8.00. The van der Waals surface area contributed by atoms with Crippen LogP contribution < -0.4 is 0 Å². The van der Waals surface area contributed by atoms with Crippen LogP contribution in [-0.4, -0.2) is 37.9 Å². The summed E-state index contributed by atoms with van der Waals surface area (Å²) in [5.41, 5.74) is 2.31. The van der Waals surface area contributed by atoms with Gasteiger partial charge in [0.05, 0.1) is 12.6 Å². The van der Waals surface area contributed by atoms with E-state index >= 15 is 0 Å². The second kappa shape index (κ2) is 7.95. The summed E-state index contributed by atoms with van der Waals surface area (Å²) in [5.74, 6) is -0.377. The standard InChI is InChI=1S/C19H14Cl2N4O2S/c1-27-18(26)16(8-11-6-7-12(20)9-14(11)21)28-19-23-17-13-4-2-3-5-15(13)22-10-25(17)24-19/h2-7,9-10,16H,8H2,1H3/t16-/m0/s1. The highest BCUT2D eigenvalue weighted by Gasteiger charge is 2.25. The molecule has 4 aromatic rings. The zero-order chi connectivity index (χ0) is 19.7. The van der Waals surface area contributed by atoms with Crippen LogP contribution >= 0.6 is 35.0 Å². The Balaban J connectivity index is 1.66. The molecule has 0 radical (unpaired) electrons. The van der Waals surface area contributed by atoms with Gasteiger partial charge in [-0.1, -0.05) is 53.2 Å². The molecule has 28 heavy (non-hydrogen) atoms. The fraction of sp³-hybridized carbons (Fsp3) is 0.158. The number of ether oxygens (including phenoxy) is 1. The van der Waals surface area contributed by atoms with Gasteiger partial charge in [-0.2, -0.15) is 0 Å². The molecule has 0 aliphatic heterocycles. The Labute approximate surface area is 174 Å². The number of thioether (sulfide) groups is 1. The Kier molecular flexibility index (Phi) is 5.39. The van der Waals surface area contributed by atoms with E-state index in [1.165, 1.54) is 18.9 Å². The second-order valence-corrected chi connectivity index (χ2v) is 8.01. The molecule has 142 valence electrons. The molecule has 4 rings (SSSR count). The molecular formula is C19H14Cl2N4O2S. The van der Waals surface area contributed by atoms with Crippen molar-refractivity contribution in [1.29, 1.82) is 0 Å². The summed E-state index contributed by atoms with van der Waals surface area (Å²) in [5, 5.41) is 6.27. The third-order valence-electron chi connectivity index (χ3n) is 4.20. The van der Waals surface area contributed by atoms with Crippen LogP contribution in [0.15, 0.2) is 53.9 Å². The average molecular weight is 433 g/mol. The van der Waals surface area contributed by atoms with E-state index in [0.717, 1.165) is 16.5 Å². The molecule has 0 aliphatic carbocycles. The molecule has 0 saturated carbocycles. The summed E-state index contributed by atoms with van der Waals surface area (Å²) in [7, 11) is 1.36. The number of hydrogen-bond acceptors (Lipinski definition) is 6. The maximum atomic E-state index is 12.3. The maximum Gasteiger partial charge on any atom is 0.319 e. The molecular weight excluding hydrogens is 419 g/mol. The van der Waals surface area contributed by atoms with E-state index < -0.39 is 5.25 Å². The van der Waals surface area contributed by atoms with Gasteiger partial charge in [0.15, 0.2) is 5.65 Å². The molecule has 6 nitrogen and oxygen atoms in total. The molecule has 2 heterocycles. The number of methoxy groups -OCH3 is 1. The number of halogens is 2. The quantitative estimate of drug-likeness (QED) is 0.342. The van der Waals surface area contributed by atoms with Crippen molar-refractivity contribution in [2.75, 3.05) is 7.11 Å². The Morgan fingerprint density at radius 3 is 2.86 bits per heavy atom. The summed E-state index contributed by atoms with van der Waals surface area (Å²) in [6.45, 7) is 0. The zero-order valence-electron chi connectivity index (χ0n) is 14.7. The van der Waals surface area contributed by atoms with Crippen LogP contribution in [-0.2, 0) is 16.0 Å². The monoisotopic (exact) mass is 432 g/mol. The molecule has 9 heteroatoms. The van der Waals surface area contributed by atoms with E-state index in [-0.39, 0.29) is 5.97 Å². The lowest BCUT2D eigenvalue weighted by Gasteiger charge is -2.13. The lowest BCUT2D eigenvalue weighted by atomic mass is 10.1. The molecule has 2 aromatic carbocycles. The molecule has 0 spiro atoms. The van der Waals surface area contributed by atoms with Crippen LogP contribution in [0.5, 0.6) is 0 Å². The molecule has 0 fully saturated rings. The van der Waals surface area contributed by atoms with Gasteiger partial charge in [-0.3, -0.25) is 4.79 Å². The van der Waals surface area contributed by atoms with Gasteiger partial charge in [0.25, 0.3) is 0 Å². The lowest BCUT2D eigenvalue weighted by Crippen LogP contribution is -2.21. The Bertz CT molecular complexity index is 1180. The van der Waals surface area contributed by atoms with E-state index in [1.54, 1.807) is 29.0 Å². The third kappa shape index (κ3) is 3.78. The molecule has 0 N–H and O–H groups in total. The van der Waals surface area contributed by atoms with Gasteiger partial charge in [0.1, 0.15) is 11.6 Å². The number of carbonyl (C=O) groups is 1. The van der Waals surface area contributed by atoms with Crippen molar-refractivity contribution in [2.45, 2.75) is 16.8 Å². The minimum atomic E-state index is -0.555. The van der Waals surface area contributed by atoms with E-state index in [1.807, 2.05) is 24.3 Å². The Morgan fingerprint density at radius 2 is 2.07 bits per heavy atom. The van der Waals surface area contributed by atoms with Crippen molar-refractivity contribution in [3.05, 3.63) is 64.4 Å². The van der Waals surface area contributed by atoms with Gasteiger partial charge in [-0.15, -0.1) is 5.10 Å². The Hall–Kier alpha value is -2.35. The van der Waals surface area contributed by atoms with Crippen LogP contribution in [0.4, 0.5) is 0 Å². The number of para-hydroxylation sites is 1. The topological polar surface area (TPSA) is 69.4 Å². The fourth-order valence-corrected chi connectivity index (χ4v) is 4.30. The van der Waals surface area contributed by atoms with Gasteiger partial charge in [-0.25, -0.2) is 14.5 Å². The highest BCUT2D eigenvalue weighted by Crippen LogP contribution is 2.29. The number of esters is 1. The molecule has 0 saturated heterocycles. The molecule has 0 unspecified atom stereocenters. The van der Waals surface area contributed by atoms with Crippen LogP contribution in [0.1, 0.15) is 5.56 Å². The number of rotatable bonds is 5. The summed E-state index contributed by atoms with van der Waals surface area (Å²) >= 11 is 13.4. The molecule has 0 amide bonds. The largest absolute Gasteiger partial charge is 0.468 e. The van der Waals surface area contributed by atoms with Crippen molar-refractivity contribution in [3.8, 4) is 0 Å². The maximum absolute atomic E-state index is 12.3. The van der Waals surface area contributed by atoms with Gasteiger partial charge < -0.3 is 4.74 Å². The van der Waals surface area contributed by atoms with Crippen LogP contribution in [0.3, 0.4) is 0 Å². The Morgan fingerprint density at radius 1 is 1.25 bits per heavy atom. The molecule has 1 atom stereocenters. The van der Waals surface area contributed by atoms with Crippen LogP contribution in [0, 0.1) is 0 Å². The minimum Gasteiger partial charge on any atom is -0.468 e. The summed E-state index contributed by atoms with van der Waals surface area (Å²) in [6.07, 6.45) is 1.97. The summed E-state index contributed by atoms with van der Waals surface area (Å²) in [6, 6.07) is 12.9. The third-order valence-corrected chi connectivity index (χ3v) is 5.81. The predicted octanol–water partition coefficient (Wildman–Crippen LogP) is 4.46. The van der Waals surface area contributed by atoms with Gasteiger partial charge in [0, 0.05) is 15.4 Å². The number of fused-ring (bicyclic) bond motifs is 3. The van der Waals surface area contributed by atoms with Crippen molar-refractivity contribution in [2.24, 2.45) is 0 Å². The first-order chi connectivity index (χ1) is 13.5. The van der Waals surface area contributed by atoms with E-state index in [4.69, 9.17) is 27.9 Å². The van der Waals surface area contributed by atoms with Crippen molar-refractivity contribution < 1.29 is 9.53 Å². The van der Waals surface area contributed by atoms with Crippen LogP contribution in [0.2, 0.25) is 10.0 Å². The fourth-order valence-electron chi connectivity index (χ4n) is 2.83. The number of hydrogen-bond donors (Lipinski definition) is 0. The van der Waals surface area contributed by atoms with Gasteiger partial charge in [0.2, 0.25) is 5.16 Å². The first-order valence-electron chi connectivity index (χ1n) is 8.33. The van der Waals surface area contributed by atoms with Crippen molar-refractivity contribution in [1.82, 2.24) is 19.6 Å². The SMILES string of the molecule is COC(=O)[C@H](Cc1ccc(Cl)cc1Cl)Sc1nc2c3ccccc3ncn2n1. The van der Waals surface area contributed by atoms with Gasteiger partial charge >= 0.3 is 5.97 Å². The normalized spacial score (nSPS) is 12.4. The van der Waals surface area contributed by atoms with Crippen LogP contribution in [0.25, 0.3) is 16.6 Å². The number of carbonyl (C=O) groups excluding carboxylic acids is 1. The minimum absolute atomic E-state index is 0.363. The second-order valence-electron chi connectivity index (χ2n) is 5.99. The smallest absolute Gasteiger partial charge is 0.319 e. The van der Waals surface area contributed by atoms with Crippen molar-refractivity contribution >= 4 is 57.5 Å².